The Morgan fingerprint density at radius 3 is 2.67 bits per heavy atom. The molecule has 0 radical (unpaired) electrons. The Kier molecular flexibility index (Phi) is 6.90. The molecule has 1 atom stereocenters. The lowest BCUT2D eigenvalue weighted by atomic mass is 10.1. The van der Waals surface area contributed by atoms with Gasteiger partial charge < -0.3 is 20.1 Å². The van der Waals surface area contributed by atoms with Gasteiger partial charge in [-0.05, 0) is 38.4 Å². The molecule has 0 aliphatic carbocycles. The van der Waals surface area contributed by atoms with E-state index in [1.54, 1.807) is 0 Å². The number of hydrogen-bond acceptors (Lipinski definition) is 5. The van der Waals surface area contributed by atoms with Crippen LogP contribution in [0.2, 0.25) is 0 Å². The van der Waals surface area contributed by atoms with E-state index in [1.165, 1.54) is 5.56 Å². The zero-order valence-corrected chi connectivity index (χ0v) is 14.7. The van der Waals surface area contributed by atoms with E-state index in [2.05, 4.69) is 34.1 Å². The lowest BCUT2D eigenvalue weighted by molar-refractivity contribution is 0.0669. The van der Waals surface area contributed by atoms with Crippen molar-refractivity contribution in [1.82, 2.24) is 9.80 Å². The molecule has 0 saturated carbocycles. The summed E-state index contributed by atoms with van der Waals surface area (Å²) < 4.78 is 11.7. The van der Waals surface area contributed by atoms with Crippen LogP contribution < -0.4 is 10.5 Å². The minimum absolute atomic E-state index is 0.268. The van der Waals surface area contributed by atoms with E-state index in [9.17, 15) is 0 Å². The Balaban J connectivity index is 1.48. The van der Waals surface area contributed by atoms with E-state index >= 15 is 0 Å². The fourth-order valence-electron chi connectivity index (χ4n) is 3.46. The molecule has 1 unspecified atom stereocenters. The topological polar surface area (TPSA) is 51.0 Å². The van der Waals surface area contributed by atoms with Crippen molar-refractivity contribution in [3.05, 3.63) is 29.8 Å². The number of benzene rings is 1. The van der Waals surface area contributed by atoms with Crippen LogP contribution >= 0.6 is 0 Å². The first-order chi connectivity index (χ1) is 11.8. The summed E-state index contributed by atoms with van der Waals surface area (Å²) in [4.78, 5) is 5.04. The van der Waals surface area contributed by atoms with Gasteiger partial charge in [-0.1, -0.05) is 18.2 Å². The number of para-hydroxylation sites is 1. The third-order valence-corrected chi connectivity index (χ3v) is 4.96. The van der Waals surface area contributed by atoms with Crippen LogP contribution in [0.25, 0.3) is 0 Å². The standard InChI is InChI=1S/C19H31N3O2/c20-8-4-9-21-10-12-22(13-11-21)15-17-5-1-2-7-19(17)24-16-18-6-3-14-23-18/h1-2,5,7,18H,3-4,6,8-16,20H2. The smallest absolute Gasteiger partial charge is 0.123 e. The van der Waals surface area contributed by atoms with Gasteiger partial charge in [-0.2, -0.15) is 0 Å². The second-order valence-electron chi connectivity index (χ2n) is 6.81. The predicted octanol–water partition coefficient (Wildman–Crippen LogP) is 1.71. The van der Waals surface area contributed by atoms with Gasteiger partial charge >= 0.3 is 0 Å². The van der Waals surface area contributed by atoms with Crippen molar-refractivity contribution in [2.45, 2.75) is 31.9 Å². The number of hydrogen-bond donors (Lipinski definition) is 1. The van der Waals surface area contributed by atoms with Crippen LogP contribution in [-0.2, 0) is 11.3 Å². The molecule has 2 saturated heterocycles. The Bertz CT molecular complexity index is 483. The van der Waals surface area contributed by atoms with Crippen molar-refractivity contribution in [3.63, 3.8) is 0 Å². The summed E-state index contributed by atoms with van der Waals surface area (Å²) >= 11 is 0. The number of nitrogens with zero attached hydrogens (tertiary/aromatic N) is 2. The number of ether oxygens (including phenoxy) is 2. The van der Waals surface area contributed by atoms with Crippen LogP contribution in [0.3, 0.4) is 0 Å². The van der Waals surface area contributed by atoms with Crippen LogP contribution in [0.4, 0.5) is 0 Å². The normalized spacial score (nSPS) is 22.8. The first-order valence-electron chi connectivity index (χ1n) is 9.32. The zero-order valence-electron chi connectivity index (χ0n) is 14.7. The fraction of sp³-hybridized carbons (Fsp3) is 0.684. The van der Waals surface area contributed by atoms with Gasteiger partial charge in [0.15, 0.2) is 0 Å². The molecule has 0 bridgehead atoms. The SMILES string of the molecule is NCCCN1CCN(Cc2ccccc2OCC2CCCO2)CC1. The average Bonchev–Trinajstić information content (AvgIpc) is 3.14. The molecule has 0 aromatic heterocycles. The van der Waals surface area contributed by atoms with Crippen LogP contribution in [0.1, 0.15) is 24.8 Å². The highest BCUT2D eigenvalue weighted by Crippen LogP contribution is 2.22. The molecule has 1 aromatic rings. The summed E-state index contributed by atoms with van der Waals surface area (Å²) in [5.74, 6) is 1.01. The molecular formula is C19H31N3O2. The lowest BCUT2D eigenvalue weighted by Crippen LogP contribution is -2.46. The molecule has 0 spiro atoms. The lowest BCUT2D eigenvalue weighted by Gasteiger charge is -2.34. The van der Waals surface area contributed by atoms with Crippen molar-refractivity contribution in [3.8, 4) is 5.75 Å². The van der Waals surface area contributed by atoms with E-state index in [0.29, 0.717) is 6.61 Å². The Hall–Kier alpha value is -1.14. The highest BCUT2D eigenvalue weighted by atomic mass is 16.5. The molecular weight excluding hydrogens is 302 g/mol. The summed E-state index contributed by atoms with van der Waals surface area (Å²) in [5.41, 5.74) is 6.89. The van der Waals surface area contributed by atoms with Gasteiger partial charge in [-0.15, -0.1) is 0 Å². The second kappa shape index (κ2) is 9.37. The van der Waals surface area contributed by atoms with Crippen molar-refractivity contribution < 1.29 is 9.47 Å². The Morgan fingerprint density at radius 2 is 1.92 bits per heavy atom. The maximum absolute atomic E-state index is 6.06. The van der Waals surface area contributed by atoms with Crippen molar-refractivity contribution in [2.24, 2.45) is 5.73 Å². The maximum Gasteiger partial charge on any atom is 0.123 e. The summed E-state index contributed by atoms with van der Waals surface area (Å²) in [6.45, 7) is 8.94. The molecule has 24 heavy (non-hydrogen) atoms. The van der Waals surface area contributed by atoms with Crippen LogP contribution in [-0.4, -0.2) is 68.4 Å². The maximum atomic E-state index is 6.06. The predicted molar refractivity (Wildman–Crippen MR) is 96.3 cm³/mol. The molecule has 2 aliphatic rings. The molecule has 1 aromatic carbocycles. The largest absolute Gasteiger partial charge is 0.491 e. The molecule has 134 valence electrons. The van der Waals surface area contributed by atoms with Gasteiger partial charge in [0.05, 0.1) is 6.10 Å². The first-order valence-corrected chi connectivity index (χ1v) is 9.32. The summed E-state index contributed by atoms with van der Waals surface area (Å²) in [6, 6.07) is 8.43. The van der Waals surface area contributed by atoms with E-state index in [0.717, 1.165) is 77.4 Å². The molecule has 2 aliphatic heterocycles. The molecule has 0 amide bonds. The van der Waals surface area contributed by atoms with Gasteiger partial charge in [0, 0.05) is 44.9 Å². The Labute approximate surface area is 145 Å². The molecule has 2 heterocycles. The van der Waals surface area contributed by atoms with Crippen LogP contribution in [0, 0.1) is 0 Å². The van der Waals surface area contributed by atoms with Gasteiger partial charge in [0.2, 0.25) is 0 Å². The molecule has 5 nitrogen and oxygen atoms in total. The molecule has 2 N–H and O–H groups in total. The van der Waals surface area contributed by atoms with Crippen molar-refractivity contribution >= 4 is 0 Å². The molecule has 3 rings (SSSR count). The third kappa shape index (κ3) is 5.18. The average molecular weight is 333 g/mol. The van der Waals surface area contributed by atoms with Gasteiger partial charge in [-0.25, -0.2) is 0 Å². The minimum Gasteiger partial charge on any atom is -0.491 e. The highest BCUT2D eigenvalue weighted by Gasteiger charge is 2.19. The molecule has 2 fully saturated rings. The Morgan fingerprint density at radius 1 is 1.12 bits per heavy atom. The molecule has 5 heteroatoms. The second-order valence-corrected chi connectivity index (χ2v) is 6.81. The van der Waals surface area contributed by atoms with E-state index in [1.807, 2.05) is 0 Å². The summed E-state index contributed by atoms with van der Waals surface area (Å²) in [6.07, 6.45) is 3.64. The van der Waals surface area contributed by atoms with Crippen LogP contribution in [0.5, 0.6) is 5.75 Å². The van der Waals surface area contributed by atoms with Crippen molar-refractivity contribution in [1.29, 1.82) is 0 Å². The summed E-state index contributed by atoms with van der Waals surface area (Å²) in [5, 5.41) is 0. The zero-order chi connectivity index (χ0) is 16.6. The van der Waals surface area contributed by atoms with E-state index in [4.69, 9.17) is 15.2 Å². The highest BCUT2D eigenvalue weighted by molar-refractivity contribution is 5.33. The van der Waals surface area contributed by atoms with Gasteiger partial charge in [0.25, 0.3) is 0 Å². The van der Waals surface area contributed by atoms with E-state index in [-0.39, 0.29) is 6.10 Å². The van der Waals surface area contributed by atoms with Gasteiger partial charge in [-0.3, -0.25) is 4.90 Å². The number of piperazine rings is 1. The first kappa shape index (κ1) is 17.7. The van der Waals surface area contributed by atoms with Crippen LogP contribution in [0.15, 0.2) is 24.3 Å². The fourth-order valence-corrected chi connectivity index (χ4v) is 3.46. The monoisotopic (exact) mass is 333 g/mol. The number of rotatable bonds is 8. The quantitative estimate of drug-likeness (QED) is 0.785. The van der Waals surface area contributed by atoms with E-state index < -0.39 is 0 Å². The minimum atomic E-state index is 0.268. The third-order valence-electron chi connectivity index (χ3n) is 4.96. The van der Waals surface area contributed by atoms with Gasteiger partial charge in [0.1, 0.15) is 12.4 Å². The number of nitrogens with two attached hydrogens (primary N) is 1. The van der Waals surface area contributed by atoms with Crippen molar-refractivity contribution in [2.75, 3.05) is 52.5 Å². The summed E-state index contributed by atoms with van der Waals surface area (Å²) in [7, 11) is 0.